The van der Waals surface area contributed by atoms with Crippen LogP contribution in [-0.2, 0) is 14.3 Å². The van der Waals surface area contributed by atoms with Crippen molar-refractivity contribution in [2.45, 2.75) is 13.0 Å². The Morgan fingerprint density at radius 3 is 2.22 bits per heavy atom. The maximum absolute atomic E-state index is 12.3. The Kier molecular flexibility index (Phi) is 7.87. The molecule has 1 unspecified atom stereocenters. The lowest BCUT2D eigenvalue weighted by atomic mass is 10.0. The van der Waals surface area contributed by atoms with E-state index in [1.165, 1.54) is 6.92 Å². The number of ether oxygens (including phenoxy) is 1. The molecule has 0 aliphatic rings. The molecule has 0 aliphatic carbocycles. The van der Waals surface area contributed by atoms with Crippen LogP contribution in [0.25, 0.3) is 11.1 Å². The molecule has 0 fully saturated rings. The van der Waals surface area contributed by atoms with Gasteiger partial charge in [0, 0.05) is 5.56 Å². The van der Waals surface area contributed by atoms with Gasteiger partial charge in [-0.25, -0.2) is 0 Å². The smallest absolute Gasteiger partial charge is 0.326 e. The summed E-state index contributed by atoms with van der Waals surface area (Å²) in [5.41, 5.74) is 2.72. The maximum Gasteiger partial charge on any atom is 0.326 e. The van der Waals surface area contributed by atoms with Crippen LogP contribution < -0.4 is 10.6 Å². The molecule has 0 heterocycles. The van der Waals surface area contributed by atoms with Crippen molar-refractivity contribution in [3.63, 3.8) is 0 Å². The lowest BCUT2D eigenvalue weighted by Crippen LogP contribution is -2.35. The minimum Gasteiger partial charge on any atom is -0.451 e. The van der Waals surface area contributed by atoms with E-state index in [4.69, 9.17) is 27.9 Å². The summed E-state index contributed by atoms with van der Waals surface area (Å²) in [5.74, 6) is -1.76. The molecule has 0 spiro atoms. The summed E-state index contributed by atoms with van der Waals surface area (Å²) >= 11 is 11.9. The lowest BCUT2D eigenvalue weighted by molar-refractivity contribution is -0.152. The van der Waals surface area contributed by atoms with Crippen LogP contribution >= 0.6 is 23.2 Å². The minimum absolute atomic E-state index is 0.187. The summed E-state index contributed by atoms with van der Waals surface area (Å²) in [6, 6.07) is 21.5. The average Bonchev–Trinajstić information content (AvgIpc) is 2.81. The van der Waals surface area contributed by atoms with E-state index >= 15 is 0 Å². The van der Waals surface area contributed by atoms with Crippen LogP contribution in [0.5, 0.6) is 0 Å². The standard InChI is InChI=1S/C24H20Cl2N2O4/c1-15(23(30)28-20-9-5-8-19(25)22(20)26)32-21(29)14-27-24(31)18-12-10-17(11-13-18)16-6-3-2-4-7-16/h2-13,15H,14H2,1H3,(H,27,31)(H,28,30). The van der Waals surface area contributed by atoms with Crippen LogP contribution in [0.3, 0.4) is 0 Å². The van der Waals surface area contributed by atoms with Crippen LogP contribution in [0, 0.1) is 0 Å². The van der Waals surface area contributed by atoms with Gasteiger partial charge < -0.3 is 15.4 Å². The zero-order valence-electron chi connectivity index (χ0n) is 17.1. The van der Waals surface area contributed by atoms with Gasteiger partial charge in [0.2, 0.25) is 0 Å². The minimum atomic E-state index is -1.10. The molecule has 3 aromatic carbocycles. The van der Waals surface area contributed by atoms with Gasteiger partial charge in [-0.05, 0) is 42.3 Å². The highest BCUT2D eigenvalue weighted by Gasteiger charge is 2.20. The fourth-order valence-electron chi connectivity index (χ4n) is 2.83. The Morgan fingerprint density at radius 1 is 0.875 bits per heavy atom. The number of benzene rings is 3. The Labute approximate surface area is 195 Å². The second-order valence-electron chi connectivity index (χ2n) is 6.85. The zero-order chi connectivity index (χ0) is 23.1. The fourth-order valence-corrected chi connectivity index (χ4v) is 3.17. The van der Waals surface area contributed by atoms with Gasteiger partial charge in [0.25, 0.3) is 11.8 Å². The van der Waals surface area contributed by atoms with Gasteiger partial charge in [0.15, 0.2) is 6.10 Å². The van der Waals surface area contributed by atoms with Crippen LogP contribution in [0.1, 0.15) is 17.3 Å². The summed E-state index contributed by atoms with van der Waals surface area (Å²) in [4.78, 5) is 36.6. The second kappa shape index (κ2) is 10.8. The molecule has 164 valence electrons. The van der Waals surface area contributed by atoms with E-state index in [0.29, 0.717) is 11.3 Å². The average molecular weight is 471 g/mol. The van der Waals surface area contributed by atoms with Gasteiger partial charge in [-0.15, -0.1) is 0 Å². The largest absolute Gasteiger partial charge is 0.451 e. The lowest BCUT2D eigenvalue weighted by Gasteiger charge is -2.15. The number of hydrogen-bond donors (Lipinski definition) is 2. The summed E-state index contributed by atoms with van der Waals surface area (Å²) in [6.07, 6.45) is -1.10. The number of amides is 2. The summed E-state index contributed by atoms with van der Waals surface area (Å²) in [6.45, 7) is 1.03. The van der Waals surface area contributed by atoms with E-state index in [1.54, 1.807) is 30.3 Å². The number of carbonyl (C=O) groups is 3. The number of rotatable bonds is 7. The van der Waals surface area contributed by atoms with Crippen LogP contribution in [0.4, 0.5) is 5.69 Å². The molecule has 3 rings (SSSR count). The number of hydrogen-bond acceptors (Lipinski definition) is 4. The third-order valence-corrected chi connectivity index (χ3v) is 5.35. The van der Waals surface area contributed by atoms with Crippen molar-refractivity contribution in [1.29, 1.82) is 0 Å². The van der Waals surface area contributed by atoms with E-state index in [2.05, 4.69) is 10.6 Å². The fraction of sp³-hybridized carbons (Fsp3) is 0.125. The predicted octanol–water partition coefficient (Wildman–Crippen LogP) is 4.96. The number of anilines is 1. The van der Waals surface area contributed by atoms with Crippen molar-refractivity contribution in [2.75, 3.05) is 11.9 Å². The van der Waals surface area contributed by atoms with Gasteiger partial charge in [-0.3, -0.25) is 14.4 Å². The molecule has 0 saturated carbocycles. The van der Waals surface area contributed by atoms with Crippen molar-refractivity contribution < 1.29 is 19.1 Å². The second-order valence-corrected chi connectivity index (χ2v) is 7.63. The molecule has 8 heteroatoms. The summed E-state index contributed by atoms with van der Waals surface area (Å²) < 4.78 is 5.08. The number of halogens is 2. The van der Waals surface area contributed by atoms with Crippen LogP contribution in [0.15, 0.2) is 72.8 Å². The van der Waals surface area contributed by atoms with Gasteiger partial charge in [-0.2, -0.15) is 0 Å². The number of carbonyl (C=O) groups excluding carboxylic acids is 3. The normalized spacial score (nSPS) is 11.3. The molecule has 0 aromatic heterocycles. The number of esters is 1. The van der Waals surface area contributed by atoms with Crippen molar-refractivity contribution in [2.24, 2.45) is 0 Å². The van der Waals surface area contributed by atoms with Crippen LogP contribution in [-0.4, -0.2) is 30.4 Å². The molecular weight excluding hydrogens is 451 g/mol. The van der Waals surface area contributed by atoms with E-state index in [1.807, 2.05) is 42.5 Å². The molecule has 1 atom stereocenters. The molecule has 0 saturated heterocycles. The highest BCUT2D eigenvalue weighted by Crippen LogP contribution is 2.29. The van der Waals surface area contributed by atoms with Crippen molar-refractivity contribution in [3.8, 4) is 11.1 Å². The van der Waals surface area contributed by atoms with E-state index in [0.717, 1.165) is 11.1 Å². The quantitative estimate of drug-likeness (QED) is 0.477. The Morgan fingerprint density at radius 2 is 1.53 bits per heavy atom. The highest BCUT2D eigenvalue weighted by atomic mass is 35.5. The predicted molar refractivity (Wildman–Crippen MR) is 125 cm³/mol. The van der Waals surface area contributed by atoms with E-state index < -0.39 is 23.9 Å². The molecule has 0 radical (unpaired) electrons. The highest BCUT2D eigenvalue weighted by molar-refractivity contribution is 6.44. The maximum atomic E-state index is 12.3. The van der Waals surface area contributed by atoms with Crippen molar-refractivity contribution in [1.82, 2.24) is 5.32 Å². The van der Waals surface area contributed by atoms with E-state index in [9.17, 15) is 14.4 Å². The zero-order valence-corrected chi connectivity index (χ0v) is 18.6. The van der Waals surface area contributed by atoms with E-state index in [-0.39, 0.29) is 16.6 Å². The van der Waals surface area contributed by atoms with Crippen LogP contribution in [0.2, 0.25) is 10.0 Å². The molecule has 0 aliphatic heterocycles. The van der Waals surface area contributed by atoms with Gasteiger partial charge in [0.05, 0.1) is 15.7 Å². The first kappa shape index (κ1) is 23.3. The SMILES string of the molecule is CC(OC(=O)CNC(=O)c1ccc(-c2ccccc2)cc1)C(=O)Nc1cccc(Cl)c1Cl. The Bertz CT molecular complexity index is 1120. The van der Waals surface area contributed by atoms with Crippen molar-refractivity contribution >= 4 is 46.7 Å². The van der Waals surface area contributed by atoms with Gasteiger partial charge >= 0.3 is 5.97 Å². The van der Waals surface area contributed by atoms with Crippen molar-refractivity contribution in [3.05, 3.63) is 88.4 Å². The summed E-state index contributed by atoms with van der Waals surface area (Å²) in [5, 5.41) is 5.50. The Hall–Kier alpha value is -3.35. The molecular formula is C24H20Cl2N2O4. The number of nitrogens with one attached hydrogen (secondary N) is 2. The monoisotopic (exact) mass is 470 g/mol. The first-order chi connectivity index (χ1) is 15.3. The molecule has 6 nitrogen and oxygen atoms in total. The van der Waals surface area contributed by atoms with Gasteiger partial charge in [0.1, 0.15) is 6.54 Å². The topological polar surface area (TPSA) is 84.5 Å². The molecule has 3 aromatic rings. The third-order valence-electron chi connectivity index (χ3n) is 4.53. The first-order valence-electron chi connectivity index (χ1n) is 9.73. The molecule has 32 heavy (non-hydrogen) atoms. The molecule has 0 bridgehead atoms. The first-order valence-corrected chi connectivity index (χ1v) is 10.5. The molecule has 2 amide bonds. The third kappa shape index (κ3) is 6.09. The summed E-state index contributed by atoms with van der Waals surface area (Å²) in [7, 11) is 0. The molecule has 2 N–H and O–H groups in total. The Balaban J connectivity index is 1.49. The van der Waals surface area contributed by atoms with Gasteiger partial charge in [-0.1, -0.05) is 71.7 Å².